The first-order chi connectivity index (χ1) is 11.0. The molecule has 0 spiro atoms. The molecule has 1 aromatic rings. The van der Waals surface area contributed by atoms with Crippen molar-refractivity contribution in [3.63, 3.8) is 0 Å². The summed E-state index contributed by atoms with van der Waals surface area (Å²) in [6, 6.07) is 6.65. The number of aliphatic hydroxyl groups is 1. The first-order valence-corrected chi connectivity index (χ1v) is 9.49. The first-order valence-electron chi connectivity index (χ1n) is 7.67. The van der Waals surface area contributed by atoms with E-state index >= 15 is 0 Å². The Balaban J connectivity index is 2.38. The van der Waals surface area contributed by atoms with Gasteiger partial charge in [-0.2, -0.15) is 0 Å². The number of rotatable bonds is 4. The van der Waals surface area contributed by atoms with Crippen molar-refractivity contribution < 1.29 is 18.3 Å². The Bertz CT molecular complexity index is 744. The maximum Gasteiger partial charge on any atom is 0.301 e. The maximum absolute atomic E-state index is 12.5. The lowest BCUT2D eigenvalue weighted by molar-refractivity contribution is 0.0473. The van der Waals surface area contributed by atoms with Crippen molar-refractivity contribution >= 4 is 27.6 Å². The van der Waals surface area contributed by atoms with Gasteiger partial charge in [0, 0.05) is 11.6 Å². The molecular formula is C16H23ClN2O4S. The fraction of sp³-hybridized carbons (Fsp3) is 0.562. The minimum Gasteiger partial charge on any atom is -0.457 e. The molecule has 134 valence electrons. The lowest BCUT2D eigenvalue weighted by atomic mass is 9.93. The van der Waals surface area contributed by atoms with Gasteiger partial charge in [0.25, 0.3) is 10.0 Å². The molecule has 0 aliphatic carbocycles. The molecule has 6 nitrogen and oxygen atoms in total. The van der Waals surface area contributed by atoms with Crippen LogP contribution in [0.5, 0.6) is 0 Å². The summed E-state index contributed by atoms with van der Waals surface area (Å²) >= 11 is 6.21. The van der Waals surface area contributed by atoms with E-state index in [0.717, 1.165) is 5.56 Å². The van der Waals surface area contributed by atoms with Crippen LogP contribution in [-0.4, -0.2) is 36.5 Å². The number of nitrogens with zero attached hydrogens (tertiary/aromatic N) is 1. The fourth-order valence-corrected chi connectivity index (χ4v) is 3.78. The molecule has 8 heteroatoms. The monoisotopic (exact) mass is 374 g/mol. The van der Waals surface area contributed by atoms with E-state index in [4.69, 9.17) is 16.3 Å². The van der Waals surface area contributed by atoms with Crippen LogP contribution in [0.3, 0.4) is 0 Å². The predicted octanol–water partition coefficient (Wildman–Crippen LogP) is 2.63. The Labute approximate surface area is 147 Å². The average Bonchev–Trinajstić information content (AvgIpc) is 2.45. The first kappa shape index (κ1) is 19.0. The van der Waals surface area contributed by atoms with Gasteiger partial charge in [-0.3, -0.25) is 0 Å². The quantitative estimate of drug-likeness (QED) is 0.845. The van der Waals surface area contributed by atoms with E-state index in [0.29, 0.717) is 11.4 Å². The van der Waals surface area contributed by atoms with Crippen LogP contribution in [0.2, 0.25) is 5.02 Å². The van der Waals surface area contributed by atoms with E-state index in [2.05, 4.69) is 9.71 Å². The minimum atomic E-state index is -3.77. The van der Waals surface area contributed by atoms with E-state index in [1.807, 2.05) is 12.1 Å². The van der Waals surface area contributed by atoms with Crippen molar-refractivity contribution in [3.05, 3.63) is 34.9 Å². The molecule has 0 saturated heterocycles. The van der Waals surface area contributed by atoms with Gasteiger partial charge in [0.15, 0.2) is 0 Å². The molecule has 1 aromatic carbocycles. The van der Waals surface area contributed by atoms with Crippen LogP contribution in [0.1, 0.15) is 45.7 Å². The normalized spacial score (nSPS) is 22.2. The zero-order valence-electron chi connectivity index (χ0n) is 14.2. The second-order valence-corrected chi connectivity index (χ2v) is 9.29. The highest BCUT2D eigenvalue weighted by molar-refractivity contribution is 7.91. The highest BCUT2D eigenvalue weighted by Gasteiger charge is 2.53. The van der Waals surface area contributed by atoms with E-state index in [-0.39, 0.29) is 12.6 Å². The number of nitrogens with one attached hydrogen (secondary N) is 1. The van der Waals surface area contributed by atoms with Crippen LogP contribution in [0.4, 0.5) is 0 Å². The largest absolute Gasteiger partial charge is 0.457 e. The summed E-state index contributed by atoms with van der Waals surface area (Å²) in [6.45, 7) is 6.48. The number of benzene rings is 1. The molecule has 2 rings (SSSR count). The number of sulfonamides is 1. The van der Waals surface area contributed by atoms with E-state index in [9.17, 15) is 13.5 Å². The van der Waals surface area contributed by atoms with Crippen molar-refractivity contribution in [1.29, 1.82) is 0 Å². The van der Waals surface area contributed by atoms with Crippen LogP contribution in [0.25, 0.3) is 0 Å². The molecule has 2 N–H and O–H groups in total. The third kappa shape index (κ3) is 3.38. The zero-order valence-corrected chi connectivity index (χ0v) is 15.8. The molecule has 0 radical (unpaired) electrons. The van der Waals surface area contributed by atoms with Crippen molar-refractivity contribution in [2.45, 2.75) is 50.5 Å². The summed E-state index contributed by atoms with van der Waals surface area (Å²) in [5.41, 5.74) is -0.236. The smallest absolute Gasteiger partial charge is 0.301 e. The van der Waals surface area contributed by atoms with Crippen LogP contribution in [0, 0.1) is 0 Å². The summed E-state index contributed by atoms with van der Waals surface area (Å²) in [5.74, 6) is 0. The summed E-state index contributed by atoms with van der Waals surface area (Å²) in [7, 11) is -3.77. The van der Waals surface area contributed by atoms with Crippen molar-refractivity contribution in [3.8, 4) is 0 Å². The average molecular weight is 375 g/mol. The second-order valence-electron chi connectivity index (χ2n) is 6.72. The highest BCUT2D eigenvalue weighted by atomic mass is 35.5. The van der Waals surface area contributed by atoms with Gasteiger partial charge in [-0.15, -0.1) is 4.40 Å². The number of aliphatic hydroxyl groups excluding tert-OH is 1. The van der Waals surface area contributed by atoms with Gasteiger partial charge >= 0.3 is 6.02 Å². The molecule has 1 aliphatic rings. The molecule has 24 heavy (non-hydrogen) atoms. The third-order valence-electron chi connectivity index (χ3n) is 4.65. The molecule has 1 atom stereocenters. The molecule has 0 fully saturated rings. The lowest BCUT2D eigenvalue weighted by Gasteiger charge is -2.43. The number of hydrogen-bond donors (Lipinski definition) is 2. The van der Waals surface area contributed by atoms with E-state index in [1.54, 1.807) is 39.8 Å². The van der Waals surface area contributed by atoms with Gasteiger partial charge in [0.05, 0.1) is 6.04 Å². The number of hydrogen-bond acceptors (Lipinski definition) is 5. The van der Waals surface area contributed by atoms with Crippen LogP contribution >= 0.6 is 11.6 Å². The fourth-order valence-electron chi connectivity index (χ4n) is 2.31. The summed E-state index contributed by atoms with van der Waals surface area (Å²) < 4.78 is 33.4. The van der Waals surface area contributed by atoms with Gasteiger partial charge < -0.3 is 15.2 Å². The third-order valence-corrected chi connectivity index (χ3v) is 7.18. The Kier molecular flexibility index (Phi) is 5.18. The minimum absolute atomic E-state index is 0.0855. The standard InChI is InChI=1S/C16H23ClN2O4S/c1-15(2)16(3,4)24(21,22)19-14(23-15)18-13(9-10-20)11-7-5-6-8-12(11)17/h5-8,13,20H,9-10H2,1-4H3,(H,18,19)/t13-/m0/s1. The van der Waals surface area contributed by atoms with E-state index in [1.165, 1.54) is 0 Å². The van der Waals surface area contributed by atoms with Crippen LogP contribution < -0.4 is 5.32 Å². The Morgan fingerprint density at radius 2 is 1.92 bits per heavy atom. The Hall–Kier alpha value is -1.31. The van der Waals surface area contributed by atoms with Crippen LogP contribution in [0.15, 0.2) is 28.7 Å². The second kappa shape index (κ2) is 6.54. The van der Waals surface area contributed by atoms with Crippen LogP contribution in [-0.2, 0) is 14.8 Å². The number of halogens is 1. The van der Waals surface area contributed by atoms with E-state index < -0.39 is 26.4 Å². The molecule has 0 bridgehead atoms. The van der Waals surface area contributed by atoms with Gasteiger partial charge in [-0.05, 0) is 45.7 Å². The van der Waals surface area contributed by atoms with Crippen molar-refractivity contribution in [2.24, 2.45) is 4.40 Å². The number of ether oxygens (including phenoxy) is 1. The van der Waals surface area contributed by atoms with Gasteiger partial charge in [0.1, 0.15) is 10.3 Å². The number of amidine groups is 1. The van der Waals surface area contributed by atoms with Crippen molar-refractivity contribution in [1.82, 2.24) is 5.32 Å². The molecule has 0 amide bonds. The Morgan fingerprint density at radius 1 is 1.29 bits per heavy atom. The van der Waals surface area contributed by atoms with Gasteiger partial charge in [-0.25, -0.2) is 8.42 Å². The molecule has 1 heterocycles. The SMILES string of the molecule is CC1(C)OC(N[C@@H](CCO)c2ccccc2Cl)=NS(=O)(=O)C1(C)C. The predicted molar refractivity (Wildman–Crippen MR) is 94.6 cm³/mol. The maximum atomic E-state index is 12.5. The molecule has 0 unspecified atom stereocenters. The molecule has 0 saturated carbocycles. The summed E-state index contributed by atoms with van der Waals surface area (Å²) in [6.07, 6.45) is 0.329. The van der Waals surface area contributed by atoms with Crippen molar-refractivity contribution in [2.75, 3.05) is 6.61 Å². The molecule has 0 aromatic heterocycles. The Morgan fingerprint density at radius 3 is 2.46 bits per heavy atom. The molecule has 1 aliphatic heterocycles. The summed E-state index contributed by atoms with van der Waals surface area (Å²) in [4.78, 5) is 0. The van der Waals surface area contributed by atoms with Gasteiger partial charge in [0.2, 0.25) is 0 Å². The zero-order chi connectivity index (χ0) is 18.2. The molecular weight excluding hydrogens is 352 g/mol. The highest BCUT2D eigenvalue weighted by Crippen LogP contribution is 2.38. The lowest BCUT2D eigenvalue weighted by Crippen LogP contribution is -2.58. The topological polar surface area (TPSA) is 88.0 Å². The van der Waals surface area contributed by atoms with Gasteiger partial charge in [-0.1, -0.05) is 29.8 Å². The summed E-state index contributed by atoms with van der Waals surface area (Å²) in [5, 5.41) is 12.8.